The van der Waals surface area contributed by atoms with Crippen molar-refractivity contribution in [2.45, 2.75) is 111 Å². The van der Waals surface area contributed by atoms with Crippen LogP contribution in [0.15, 0.2) is 29.2 Å². The maximum absolute atomic E-state index is 12.1. The molecule has 1 rings (SSSR count). The second-order valence-corrected chi connectivity index (χ2v) is 19.3. The van der Waals surface area contributed by atoms with Crippen molar-refractivity contribution >= 4 is 35.8 Å². The predicted molar refractivity (Wildman–Crippen MR) is 137 cm³/mol. The van der Waals surface area contributed by atoms with Crippen LogP contribution in [0.1, 0.15) is 85.1 Å². The minimum atomic E-state index is -3.80. The third kappa shape index (κ3) is 14.5. The molecule has 185 valence electrons. The van der Waals surface area contributed by atoms with Gasteiger partial charge in [-0.25, -0.2) is 8.42 Å². The van der Waals surface area contributed by atoms with E-state index < -0.39 is 41.8 Å². The van der Waals surface area contributed by atoms with Crippen molar-refractivity contribution in [1.29, 1.82) is 0 Å². The molecule has 0 aliphatic carbocycles. The summed E-state index contributed by atoms with van der Waals surface area (Å²) in [6.45, 7) is 12.5. The Balaban J connectivity index is 0.000000649. The van der Waals surface area contributed by atoms with Crippen molar-refractivity contribution in [2.75, 3.05) is 0 Å². The Kier molecular flexibility index (Phi) is 17.5. The van der Waals surface area contributed by atoms with E-state index in [2.05, 4.69) is 25.5 Å². The first-order valence-electron chi connectivity index (χ1n) is 12.2. The average Bonchev–Trinajstić information content (AvgIpc) is 2.73. The molecule has 32 heavy (non-hydrogen) atoms. The predicted octanol–water partition coefficient (Wildman–Crippen LogP) is 6.65. The number of unbranched alkanes of at least 4 members (excludes halogenated alkanes) is 3. The molecular weight excluding hydrogens is 529 g/mol. The minimum Gasteiger partial charge on any atom is -0.480 e. The number of aliphatic carboxylic acids is 1. The fourth-order valence-electron chi connectivity index (χ4n) is 3.30. The number of benzene rings is 1. The van der Waals surface area contributed by atoms with Crippen LogP contribution in [0.25, 0.3) is 0 Å². The van der Waals surface area contributed by atoms with Gasteiger partial charge in [0.1, 0.15) is 6.04 Å². The normalized spacial score (nSPS) is 12.5. The van der Waals surface area contributed by atoms with E-state index in [4.69, 9.17) is 5.11 Å². The van der Waals surface area contributed by atoms with Crippen LogP contribution in [0.4, 0.5) is 0 Å². The van der Waals surface area contributed by atoms with Gasteiger partial charge in [-0.1, -0.05) is 31.5 Å². The number of nitrogens with one attached hydrogen (secondary N) is 1. The maximum atomic E-state index is 12.1. The molecule has 1 unspecified atom stereocenters. The molecule has 0 amide bonds. The van der Waals surface area contributed by atoms with Gasteiger partial charge in [0.15, 0.2) is 0 Å². The second kappa shape index (κ2) is 17.8. The number of carboxylic acid groups (broad SMARTS) is 1. The SMILES string of the molecule is CCC[CH2][Sn]([CH2]CCC)[CH2]CCC.Cc1ccc(S(=O)(=O)NC(CC(C)C)C(=O)O)cc1. The summed E-state index contributed by atoms with van der Waals surface area (Å²) < 4.78 is 31.4. The molecule has 7 heteroatoms. The Bertz CT molecular complexity index is 701. The van der Waals surface area contributed by atoms with Crippen LogP contribution in [-0.2, 0) is 14.8 Å². The van der Waals surface area contributed by atoms with Crippen LogP contribution in [0, 0.1) is 12.8 Å². The van der Waals surface area contributed by atoms with Gasteiger partial charge in [0, 0.05) is 0 Å². The fraction of sp³-hybridized carbons (Fsp3) is 0.720. The zero-order chi connectivity index (χ0) is 24.6. The van der Waals surface area contributed by atoms with E-state index in [0.717, 1.165) is 5.56 Å². The van der Waals surface area contributed by atoms with Gasteiger partial charge in [0.05, 0.1) is 4.90 Å². The van der Waals surface area contributed by atoms with Crippen LogP contribution in [0.2, 0.25) is 13.3 Å². The molecule has 0 saturated carbocycles. The second-order valence-electron chi connectivity index (χ2n) is 9.02. The summed E-state index contributed by atoms with van der Waals surface area (Å²) in [5.74, 6) is -1.08. The summed E-state index contributed by atoms with van der Waals surface area (Å²) in [4.78, 5) is 11.1. The van der Waals surface area contributed by atoms with Gasteiger partial charge in [-0.2, -0.15) is 4.72 Å². The fourth-order valence-corrected chi connectivity index (χ4v) is 13.9. The van der Waals surface area contributed by atoms with Crippen molar-refractivity contribution in [3.8, 4) is 0 Å². The summed E-state index contributed by atoms with van der Waals surface area (Å²) in [6, 6.07) is 5.17. The molecule has 1 radical (unpaired) electrons. The van der Waals surface area contributed by atoms with Crippen LogP contribution < -0.4 is 4.72 Å². The van der Waals surface area contributed by atoms with Crippen LogP contribution in [-0.4, -0.2) is 45.3 Å². The Labute approximate surface area is 204 Å². The summed E-state index contributed by atoms with van der Waals surface area (Å²) in [6.07, 6.45) is 9.10. The summed E-state index contributed by atoms with van der Waals surface area (Å²) >= 11 is -0.839. The van der Waals surface area contributed by atoms with E-state index in [0.29, 0.717) is 0 Å². The zero-order valence-corrected chi connectivity index (χ0v) is 24.8. The molecule has 5 nitrogen and oxygen atoms in total. The van der Waals surface area contributed by atoms with Gasteiger partial charge in [-0.05, 0) is 31.4 Å². The molecule has 2 N–H and O–H groups in total. The van der Waals surface area contributed by atoms with Gasteiger partial charge in [-0.15, -0.1) is 0 Å². The molecule has 0 aromatic heterocycles. The topological polar surface area (TPSA) is 83.5 Å². The Hall–Kier alpha value is -0.601. The van der Waals surface area contributed by atoms with Gasteiger partial charge >= 0.3 is 98.3 Å². The van der Waals surface area contributed by atoms with Crippen LogP contribution >= 0.6 is 0 Å². The summed E-state index contributed by atoms with van der Waals surface area (Å²) in [7, 11) is -3.80. The zero-order valence-electron chi connectivity index (χ0n) is 21.1. The van der Waals surface area contributed by atoms with E-state index in [-0.39, 0.29) is 17.2 Å². The molecule has 0 spiro atoms. The van der Waals surface area contributed by atoms with Crippen molar-refractivity contribution in [2.24, 2.45) is 5.92 Å². The number of aryl methyl sites for hydroxylation is 1. The van der Waals surface area contributed by atoms with E-state index >= 15 is 0 Å². The smallest absolute Gasteiger partial charge is 0.321 e. The molecule has 0 aliphatic heterocycles. The molecular formula is C25H46NO4SSn. The first kappa shape index (κ1) is 31.4. The molecule has 1 atom stereocenters. The van der Waals surface area contributed by atoms with E-state index in [1.165, 1.54) is 50.7 Å². The third-order valence-corrected chi connectivity index (χ3v) is 15.9. The maximum Gasteiger partial charge on any atom is 0.321 e. The number of sulfonamides is 1. The molecule has 0 heterocycles. The number of hydrogen-bond donors (Lipinski definition) is 2. The van der Waals surface area contributed by atoms with Crippen molar-refractivity contribution < 1.29 is 18.3 Å². The molecule has 0 fully saturated rings. The van der Waals surface area contributed by atoms with Crippen LogP contribution in [0.5, 0.6) is 0 Å². The molecule has 0 aliphatic rings. The number of carbonyl (C=O) groups is 1. The summed E-state index contributed by atoms with van der Waals surface area (Å²) in [5.41, 5.74) is 0.941. The first-order chi connectivity index (χ1) is 15.1. The first-order valence-corrected chi connectivity index (χ1v) is 19.8. The third-order valence-electron chi connectivity index (χ3n) is 5.29. The average molecular weight is 575 g/mol. The number of rotatable bonds is 15. The molecule has 0 saturated heterocycles. The minimum absolute atomic E-state index is 0.0770. The quantitative estimate of drug-likeness (QED) is 0.230. The number of carboxylic acids is 1. The van der Waals surface area contributed by atoms with Crippen molar-refractivity contribution in [1.82, 2.24) is 4.72 Å². The van der Waals surface area contributed by atoms with E-state index in [1.54, 1.807) is 25.4 Å². The Morgan fingerprint density at radius 1 is 0.938 bits per heavy atom. The van der Waals surface area contributed by atoms with Gasteiger partial charge in [-0.3, -0.25) is 4.79 Å². The van der Waals surface area contributed by atoms with E-state index in [9.17, 15) is 13.2 Å². The monoisotopic (exact) mass is 576 g/mol. The Morgan fingerprint density at radius 3 is 1.72 bits per heavy atom. The number of hydrogen-bond acceptors (Lipinski definition) is 3. The molecule has 0 bridgehead atoms. The van der Waals surface area contributed by atoms with Crippen LogP contribution in [0.3, 0.4) is 0 Å². The summed E-state index contributed by atoms with van der Waals surface area (Å²) in [5, 5.41) is 9.05. The largest absolute Gasteiger partial charge is 0.480 e. The standard InChI is InChI=1S/C13H19NO4S.3C4H9.Sn/c1-9(2)8-12(13(15)16)14-19(17,18)11-6-4-10(3)5-7-11;3*1-3-4-2;/h4-7,9,12,14H,8H2,1-3H3,(H,15,16);3*1,3-4H2,2H3;. The van der Waals surface area contributed by atoms with Gasteiger partial charge in [0.2, 0.25) is 10.0 Å². The molecule has 1 aromatic rings. The Morgan fingerprint density at radius 2 is 1.38 bits per heavy atom. The van der Waals surface area contributed by atoms with Crippen molar-refractivity contribution in [3.63, 3.8) is 0 Å². The molecule has 1 aromatic carbocycles. The van der Waals surface area contributed by atoms with Gasteiger partial charge < -0.3 is 5.11 Å². The van der Waals surface area contributed by atoms with Crippen molar-refractivity contribution in [3.05, 3.63) is 29.8 Å². The van der Waals surface area contributed by atoms with Gasteiger partial charge in [0.25, 0.3) is 0 Å². The van der Waals surface area contributed by atoms with E-state index in [1.807, 2.05) is 20.8 Å².